The molecular formula is C6H7IN4. The normalized spacial score (nSPS) is 10.6. The number of rotatable bonds is 1. The summed E-state index contributed by atoms with van der Waals surface area (Å²) in [6.45, 7) is 0. The van der Waals surface area contributed by atoms with Gasteiger partial charge in [-0.05, 0) is 34.7 Å². The van der Waals surface area contributed by atoms with Crippen LogP contribution in [-0.4, -0.2) is 17.2 Å². The molecule has 1 rings (SSSR count). The van der Waals surface area contributed by atoms with Crippen molar-refractivity contribution < 1.29 is 0 Å². The first kappa shape index (κ1) is 8.25. The first-order chi connectivity index (χ1) is 5.24. The zero-order valence-electron chi connectivity index (χ0n) is 5.63. The van der Waals surface area contributed by atoms with Gasteiger partial charge in [-0.3, -0.25) is 5.41 Å². The average molecular weight is 262 g/mol. The minimum Gasteiger partial charge on any atom is -0.390 e. The molecular weight excluding hydrogens is 255 g/mol. The molecule has 58 valence electrons. The van der Waals surface area contributed by atoms with Crippen LogP contribution in [0.1, 0.15) is 5.69 Å². The van der Waals surface area contributed by atoms with Gasteiger partial charge in [0, 0.05) is 0 Å². The lowest BCUT2D eigenvalue weighted by Crippen LogP contribution is -1.99. The van der Waals surface area contributed by atoms with E-state index in [-0.39, 0.29) is 5.84 Å². The zero-order valence-corrected chi connectivity index (χ0v) is 7.79. The first-order valence-electron chi connectivity index (χ1n) is 2.91. The van der Waals surface area contributed by atoms with Crippen LogP contribution in [0.4, 0.5) is 0 Å². The molecule has 1 aromatic heterocycles. The van der Waals surface area contributed by atoms with Gasteiger partial charge in [0.25, 0.3) is 0 Å². The molecule has 0 fully saturated rings. The molecule has 0 amide bonds. The summed E-state index contributed by atoms with van der Waals surface area (Å²) in [6, 6.07) is 3.66. The lowest BCUT2D eigenvalue weighted by atomic mass is 10.4. The van der Waals surface area contributed by atoms with Crippen LogP contribution < -0.4 is 5.73 Å². The minimum absolute atomic E-state index is 0.149. The summed E-state index contributed by atoms with van der Waals surface area (Å²) in [5.41, 5.74) is 5.70. The van der Waals surface area contributed by atoms with Gasteiger partial charge in [0.2, 0.25) is 0 Å². The van der Waals surface area contributed by atoms with E-state index in [1.54, 1.807) is 6.07 Å². The second-order valence-corrected chi connectivity index (χ2v) is 3.01. The molecule has 0 aromatic carbocycles. The number of nitrogens with zero attached hydrogens (tertiary/aromatic N) is 1. The van der Waals surface area contributed by atoms with Gasteiger partial charge in [0.15, 0.2) is 5.84 Å². The minimum atomic E-state index is 0.149. The number of aliphatic imine (C=N–C) groups is 1. The van der Waals surface area contributed by atoms with E-state index in [2.05, 4.69) is 32.6 Å². The van der Waals surface area contributed by atoms with E-state index in [4.69, 9.17) is 11.1 Å². The lowest BCUT2D eigenvalue weighted by molar-refractivity contribution is 1.28. The van der Waals surface area contributed by atoms with E-state index in [9.17, 15) is 0 Å². The maximum atomic E-state index is 7.33. The molecule has 5 heteroatoms. The molecule has 0 saturated heterocycles. The van der Waals surface area contributed by atoms with Gasteiger partial charge in [-0.25, -0.2) is 4.99 Å². The SMILES string of the molecule is N=C(N=CN)c1ccc(I)[nH]1. The van der Waals surface area contributed by atoms with Crippen molar-refractivity contribution >= 4 is 34.8 Å². The maximum Gasteiger partial charge on any atom is 0.169 e. The predicted octanol–water partition coefficient (Wildman–Crippen LogP) is 0.932. The quantitative estimate of drug-likeness (QED) is 0.393. The van der Waals surface area contributed by atoms with Gasteiger partial charge in [-0.15, -0.1) is 0 Å². The molecule has 0 aliphatic carbocycles. The summed E-state index contributed by atoms with van der Waals surface area (Å²) in [5, 5.41) is 7.33. The molecule has 0 atom stereocenters. The Hall–Kier alpha value is -0.850. The summed E-state index contributed by atoms with van der Waals surface area (Å²) < 4.78 is 0.981. The van der Waals surface area contributed by atoms with Crippen LogP contribution in [0.5, 0.6) is 0 Å². The molecule has 4 nitrogen and oxygen atoms in total. The third kappa shape index (κ3) is 2.04. The van der Waals surface area contributed by atoms with E-state index in [0.717, 1.165) is 10.0 Å². The number of aromatic amines is 1. The van der Waals surface area contributed by atoms with Crippen molar-refractivity contribution in [2.45, 2.75) is 0 Å². The Morgan fingerprint density at radius 2 is 2.45 bits per heavy atom. The largest absolute Gasteiger partial charge is 0.390 e. The average Bonchev–Trinajstić information content (AvgIpc) is 2.36. The van der Waals surface area contributed by atoms with E-state index in [1.165, 1.54) is 0 Å². The molecule has 0 aliphatic rings. The molecule has 1 heterocycles. The van der Waals surface area contributed by atoms with E-state index in [0.29, 0.717) is 5.69 Å². The third-order valence-electron chi connectivity index (χ3n) is 1.11. The fraction of sp³-hybridized carbons (Fsp3) is 0. The Morgan fingerprint density at radius 3 is 2.91 bits per heavy atom. The summed E-state index contributed by atoms with van der Waals surface area (Å²) in [6.07, 6.45) is 1.11. The molecule has 0 unspecified atom stereocenters. The number of amidine groups is 1. The molecule has 0 radical (unpaired) electrons. The van der Waals surface area contributed by atoms with Gasteiger partial charge in [-0.2, -0.15) is 0 Å². The Bertz CT molecular complexity index is 289. The third-order valence-corrected chi connectivity index (χ3v) is 1.74. The highest BCUT2D eigenvalue weighted by Gasteiger charge is 1.99. The highest BCUT2D eigenvalue weighted by atomic mass is 127. The number of hydrogen-bond acceptors (Lipinski definition) is 1. The number of aromatic nitrogens is 1. The Balaban J connectivity index is 2.85. The number of nitrogens with two attached hydrogens (primary N) is 1. The van der Waals surface area contributed by atoms with Crippen LogP contribution in [-0.2, 0) is 0 Å². The van der Waals surface area contributed by atoms with Crippen molar-refractivity contribution in [1.82, 2.24) is 4.98 Å². The molecule has 11 heavy (non-hydrogen) atoms. The molecule has 1 aromatic rings. The maximum absolute atomic E-state index is 7.33. The van der Waals surface area contributed by atoms with Crippen LogP contribution in [0.25, 0.3) is 0 Å². The van der Waals surface area contributed by atoms with E-state index >= 15 is 0 Å². The Labute approximate surface area is 77.6 Å². The van der Waals surface area contributed by atoms with Gasteiger partial charge in [-0.1, -0.05) is 0 Å². The second kappa shape index (κ2) is 3.51. The predicted molar refractivity (Wildman–Crippen MR) is 53.0 cm³/mol. The van der Waals surface area contributed by atoms with Crippen molar-refractivity contribution in [3.05, 3.63) is 21.5 Å². The highest BCUT2D eigenvalue weighted by molar-refractivity contribution is 14.1. The van der Waals surface area contributed by atoms with Crippen molar-refractivity contribution in [1.29, 1.82) is 5.41 Å². The first-order valence-corrected chi connectivity index (χ1v) is 3.99. The fourth-order valence-corrected chi connectivity index (χ4v) is 1.12. The van der Waals surface area contributed by atoms with Crippen molar-refractivity contribution in [3.63, 3.8) is 0 Å². The smallest absolute Gasteiger partial charge is 0.169 e. The summed E-state index contributed by atoms with van der Waals surface area (Å²) in [4.78, 5) is 6.56. The van der Waals surface area contributed by atoms with Gasteiger partial charge < -0.3 is 10.7 Å². The fourth-order valence-electron chi connectivity index (χ4n) is 0.651. The van der Waals surface area contributed by atoms with Crippen LogP contribution in [0.15, 0.2) is 17.1 Å². The van der Waals surface area contributed by atoms with Crippen LogP contribution >= 0.6 is 22.6 Å². The van der Waals surface area contributed by atoms with Crippen LogP contribution in [0.2, 0.25) is 0 Å². The topological polar surface area (TPSA) is 78.0 Å². The molecule has 0 saturated carbocycles. The van der Waals surface area contributed by atoms with Crippen LogP contribution in [0.3, 0.4) is 0 Å². The van der Waals surface area contributed by atoms with E-state index in [1.807, 2.05) is 6.07 Å². The Morgan fingerprint density at radius 1 is 1.73 bits per heavy atom. The highest BCUT2D eigenvalue weighted by Crippen LogP contribution is 2.04. The standard InChI is InChI=1S/C6H7IN4/c7-5-2-1-4(11-5)6(9)10-3-8/h1-3,11H,(H3,8,9,10). The molecule has 4 N–H and O–H groups in total. The van der Waals surface area contributed by atoms with Gasteiger partial charge >= 0.3 is 0 Å². The molecule has 0 spiro atoms. The monoisotopic (exact) mass is 262 g/mol. The van der Waals surface area contributed by atoms with Crippen molar-refractivity contribution in [3.8, 4) is 0 Å². The Kier molecular flexibility index (Phi) is 2.64. The van der Waals surface area contributed by atoms with Gasteiger partial charge in [0.1, 0.15) is 0 Å². The van der Waals surface area contributed by atoms with Gasteiger partial charge in [0.05, 0.1) is 15.7 Å². The number of hydrogen-bond donors (Lipinski definition) is 3. The van der Waals surface area contributed by atoms with Crippen LogP contribution in [0, 0.1) is 9.11 Å². The summed E-state index contributed by atoms with van der Waals surface area (Å²) >= 11 is 2.13. The number of nitrogens with one attached hydrogen (secondary N) is 2. The second-order valence-electron chi connectivity index (χ2n) is 1.85. The summed E-state index contributed by atoms with van der Waals surface area (Å²) in [7, 11) is 0. The molecule has 0 bridgehead atoms. The zero-order chi connectivity index (χ0) is 8.27. The summed E-state index contributed by atoms with van der Waals surface area (Å²) in [5.74, 6) is 0.149. The van der Waals surface area contributed by atoms with E-state index < -0.39 is 0 Å². The number of H-pyrrole nitrogens is 1. The number of halogens is 1. The molecule has 0 aliphatic heterocycles. The lowest BCUT2D eigenvalue weighted by Gasteiger charge is -1.90. The van der Waals surface area contributed by atoms with Crippen molar-refractivity contribution in [2.75, 3.05) is 0 Å². The van der Waals surface area contributed by atoms with Crippen molar-refractivity contribution in [2.24, 2.45) is 10.7 Å².